The van der Waals surface area contributed by atoms with Gasteiger partial charge in [-0.3, -0.25) is 9.59 Å². The Balaban J connectivity index is 2.37. The molecule has 30 heavy (non-hydrogen) atoms. The van der Waals surface area contributed by atoms with Crippen LogP contribution in [0.2, 0.25) is 0 Å². The molecule has 1 aromatic carbocycles. The van der Waals surface area contributed by atoms with Crippen LogP contribution >= 0.6 is 0 Å². The first kappa shape index (κ1) is 23.5. The van der Waals surface area contributed by atoms with Crippen LogP contribution in [0.3, 0.4) is 0 Å². The quantitative estimate of drug-likeness (QED) is 0.601. The third-order valence-corrected chi connectivity index (χ3v) is 5.29. The zero-order valence-corrected chi connectivity index (χ0v) is 19.1. The van der Waals surface area contributed by atoms with Crippen molar-refractivity contribution in [2.24, 2.45) is 11.8 Å². The van der Waals surface area contributed by atoms with E-state index in [1.807, 2.05) is 81.9 Å². The van der Waals surface area contributed by atoms with Gasteiger partial charge in [-0.15, -0.1) is 0 Å². The largest absolute Gasteiger partial charge is 0.467 e. The monoisotopic (exact) mass is 413 g/mol. The van der Waals surface area contributed by atoms with Crippen molar-refractivity contribution in [3.05, 3.63) is 47.9 Å². The zero-order chi connectivity index (χ0) is 22.3. The molecule has 2 rings (SSSR count). The van der Waals surface area contributed by atoms with Crippen LogP contribution in [0.5, 0.6) is 0 Å². The van der Waals surface area contributed by atoms with Crippen LogP contribution in [0.15, 0.2) is 41.0 Å². The molecule has 0 radical (unpaired) electrons. The third-order valence-electron chi connectivity index (χ3n) is 5.29. The van der Waals surface area contributed by atoms with Gasteiger partial charge in [0.25, 0.3) is 0 Å². The fourth-order valence-electron chi connectivity index (χ4n) is 3.42. The second kappa shape index (κ2) is 10.9. The van der Waals surface area contributed by atoms with E-state index in [4.69, 9.17) is 4.42 Å². The van der Waals surface area contributed by atoms with Crippen molar-refractivity contribution >= 4 is 23.2 Å². The molecule has 0 fully saturated rings. The number of benzene rings is 1. The van der Waals surface area contributed by atoms with Gasteiger partial charge in [-0.2, -0.15) is 0 Å². The molecular weight excluding hydrogens is 378 g/mol. The number of amides is 2. The predicted octanol–water partition coefficient (Wildman–Crippen LogP) is 4.91. The van der Waals surface area contributed by atoms with Crippen LogP contribution in [0.1, 0.15) is 51.9 Å². The van der Waals surface area contributed by atoms with Gasteiger partial charge in [-0.05, 0) is 48.7 Å². The molecule has 0 bridgehead atoms. The molecule has 0 atom stereocenters. The second-order valence-corrected chi connectivity index (χ2v) is 8.17. The maximum Gasteiger partial charge on any atom is 0.226 e. The number of nitrogens with zero attached hydrogens (tertiary/aromatic N) is 2. The number of hydrogen-bond acceptors (Lipinski definition) is 4. The lowest BCUT2D eigenvalue weighted by molar-refractivity contribution is -0.137. The minimum absolute atomic E-state index is 0.0217. The van der Waals surface area contributed by atoms with E-state index in [1.165, 1.54) is 0 Å². The Morgan fingerprint density at radius 1 is 1.07 bits per heavy atom. The molecular formula is C24H35N3O3. The van der Waals surface area contributed by atoms with E-state index < -0.39 is 0 Å². The molecule has 6 nitrogen and oxygen atoms in total. The fraction of sp³-hybridized carbons (Fsp3) is 0.500. The average Bonchev–Trinajstić information content (AvgIpc) is 3.21. The molecule has 0 aliphatic rings. The van der Waals surface area contributed by atoms with Gasteiger partial charge in [0.15, 0.2) is 0 Å². The summed E-state index contributed by atoms with van der Waals surface area (Å²) >= 11 is 0. The number of hydrogen-bond donors (Lipinski definition) is 1. The highest BCUT2D eigenvalue weighted by Gasteiger charge is 2.24. The summed E-state index contributed by atoms with van der Waals surface area (Å²) in [5, 5.41) is 2.96. The lowest BCUT2D eigenvalue weighted by Crippen LogP contribution is -2.35. The topological polar surface area (TPSA) is 65.8 Å². The number of rotatable bonds is 10. The highest BCUT2D eigenvalue weighted by atomic mass is 16.3. The Hall–Kier alpha value is -2.76. The molecule has 0 saturated heterocycles. The molecule has 1 N–H and O–H groups in total. The Kier molecular flexibility index (Phi) is 8.51. The maximum atomic E-state index is 13.3. The third kappa shape index (κ3) is 6.12. The second-order valence-electron chi connectivity index (χ2n) is 8.17. The molecule has 0 unspecified atom stereocenters. The van der Waals surface area contributed by atoms with Crippen LogP contribution in [0, 0.1) is 11.8 Å². The highest BCUT2D eigenvalue weighted by molar-refractivity contribution is 5.92. The number of carbonyl (C=O) groups excluding carboxylic acids is 2. The smallest absolute Gasteiger partial charge is 0.226 e. The Labute approximate surface area is 180 Å². The summed E-state index contributed by atoms with van der Waals surface area (Å²) in [6, 6.07) is 9.57. The molecule has 2 aromatic rings. The summed E-state index contributed by atoms with van der Waals surface area (Å²) in [4.78, 5) is 29.3. The fourth-order valence-corrected chi connectivity index (χ4v) is 3.42. The summed E-state index contributed by atoms with van der Waals surface area (Å²) in [6.07, 6.45) is 3.23. The van der Waals surface area contributed by atoms with E-state index in [1.54, 1.807) is 6.26 Å². The summed E-state index contributed by atoms with van der Waals surface area (Å²) in [6.45, 7) is 8.68. The van der Waals surface area contributed by atoms with Crippen LogP contribution in [0.4, 0.5) is 11.4 Å². The predicted molar refractivity (Wildman–Crippen MR) is 121 cm³/mol. The molecule has 164 valence electrons. The Morgan fingerprint density at radius 3 is 2.30 bits per heavy atom. The van der Waals surface area contributed by atoms with Gasteiger partial charge in [0.1, 0.15) is 5.76 Å². The van der Waals surface area contributed by atoms with E-state index in [0.717, 1.165) is 35.5 Å². The summed E-state index contributed by atoms with van der Waals surface area (Å²) in [7, 11) is 3.95. The molecule has 0 aliphatic heterocycles. The standard InChI is InChI=1S/C24H35N3O3/c1-7-18(8-2)24(29)27(16-21-10-9-13-30-21)15-19-14-20(25-23(28)17(3)4)11-12-22(19)26(5)6/h9-14,17-18H,7-8,15-16H2,1-6H3,(H,25,28). The van der Waals surface area contributed by atoms with E-state index in [9.17, 15) is 9.59 Å². The van der Waals surface area contributed by atoms with E-state index in [-0.39, 0.29) is 23.7 Å². The van der Waals surface area contributed by atoms with Crippen LogP contribution in [-0.4, -0.2) is 30.8 Å². The van der Waals surface area contributed by atoms with Gasteiger partial charge in [0, 0.05) is 43.9 Å². The lowest BCUT2D eigenvalue weighted by Gasteiger charge is -2.28. The van der Waals surface area contributed by atoms with Crippen LogP contribution in [-0.2, 0) is 22.7 Å². The van der Waals surface area contributed by atoms with Crippen molar-refractivity contribution in [3.8, 4) is 0 Å². The van der Waals surface area contributed by atoms with Crippen molar-refractivity contribution < 1.29 is 14.0 Å². The van der Waals surface area contributed by atoms with Gasteiger partial charge >= 0.3 is 0 Å². The molecule has 0 saturated carbocycles. The molecule has 6 heteroatoms. The summed E-state index contributed by atoms with van der Waals surface area (Å²) in [5.41, 5.74) is 2.73. The SMILES string of the molecule is CCC(CC)C(=O)N(Cc1ccco1)Cc1cc(NC(=O)C(C)C)ccc1N(C)C. The van der Waals surface area contributed by atoms with E-state index in [2.05, 4.69) is 5.32 Å². The summed E-state index contributed by atoms with van der Waals surface area (Å²) in [5.74, 6) is 0.724. The molecule has 0 spiro atoms. The van der Waals surface area contributed by atoms with Crippen molar-refractivity contribution in [1.82, 2.24) is 4.90 Å². The summed E-state index contributed by atoms with van der Waals surface area (Å²) < 4.78 is 5.52. The van der Waals surface area contributed by atoms with Crippen LogP contribution < -0.4 is 10.2 Å². The van der Waals surface area contributed by atoms with Gasteiger partial charge in [-0.25, -0.2) is 0 Å². The van der Waals surface area contributed by atoms with Crippen LogP contribution in [0.25, 0.3) is 0 Å². The number of nitrogens with one attached hydrogen (secondary N) is 1. The van der Waals surface area contributed by atoms with Crippen molar-refractivity contribution in [2.45, 2.75) is 53.6 Å². The minimum Gasteiger partial charge on any atom is -0.467 e. The molecule has 0 aliphatic carbocycles. The average molecular weight is 414 g/mol. The normalized spacial score (nSPS) is 11.1. The lowest BCUT2D eigenvalue weighted by atomic mass is 10.0. The van der Waals surface area contributed by atoms with Gasteiger partial charge in [0.2, 0.25) is 11.8 Å². The Bertz CT molecular complexity index is 824. The van der Waals surface area contributed by atoms with Crippen molar-refractivity contribution in [1.29, 1.82) is 0 Å². The number of furan rings is 1. The number of anilines is 2. The highest BCUT2D eigenvalue weighted by Crippen LogP contribution is 2.27. The maximum absolute atomic E-state index is 13.3. The van der Waals surface area contributed by atoms with E-state index >= 15 is 0 Å². The number of carbonyl (C=O) groups is 2. The molecule has 2 amide bonds. The van der Waals surface area contributed by atoms with Gasteiger partial charge in [-0.1, -0.05) is 27.7 Å². The first-order valence-electron chi connectivity index (χ1n) is 10.7. The van der Waals surface area contributed by atoms with Gasteiger partial charge < -0.3 is 19.5 Å². The minimum atomic E-state index is -0.103. The Morgan fingerprint density at radius 2 is 1.77 bits per heavy atom. The van der Waals surface area contributed by atoms with E-state index in [0.29, 0.717) is 13.1 Å². The zero-order valence-electron chi connectivity index (χ0n) is 19.1. The first-order valence-corrected chi connectivity index (χ1v) is 10.7. The first-order chi connectivity index (χ1) is 14.3. The molecule has 1 aromatic heterocycles. The van der Waals surface area contributed by atoms with Gasteiger partial charge in [0.05, 0.1) is 12.8 Å². The van der Waals surface area contributed by atoms with Crippen molar-refractivity contribution in [2.75, 3.05) is 24.3 Å². The van der Waals surface area contributed by atoms with Crippen molar-refractivity contribution in [3.63, 3.8) is 0 Å². The molecule has 1 heterocycles.